The second-order valence-corrected chi connectivity index (χ2v) is 4.92. The van der Waals surface area contributed by atoms with E-state index in [9.17, 15) is 9.59 Å². The number of urea groups is 1. The van der Waals surface area contributed by atoms with Crippen LogP contribution >= 0.6 is 0 Å². The Kier molecular flexibility index (Phi) is 8.16. The summed E-state index contributed by atoms with van der Waals surface area (Å²) in [5.74, 6) is -0.882. The molecule has 0 heterocycles. The van der Waals surface area contributed by atoms with Crippen LogP contribution in [-0.2, 0) is 4.79 Å². The second-order valence-electron chi connectivity index (χ2n) is 4.92. The molecular formula is C13H26N2O3. The standard InChI is InChI=1S/C13H26N2O3/c1-5-6-7-11(4)14-13(18)15(10(2)3)9-8-12(16)17/h10-11H,5-9H2,1-4H3,(H,14,18)(H,16,17). The minimum atomic E-state index is -0.882. The van der Waals surface area contributed by atoms with Gasteiger partial charge in [0, 0.05) is 18.6 Å². The maximum Gasteiger partial charge on any atom is 0.317 e. The van der Waals surface area contributed by atoms with Crippen molar-refractivity contribution in [2.75, 3.05) is 6.54 Å². The molecule has 0 spiro atoms. The van der Waals surface area contributed by atoms with E-state index in [4.69, 9.17) is 5.11 Å². The van der Waals surface area contributed by atoms with Crippen LogP contribution in [0.5, 0.6) is 0 Å². The first-order chi connectivity index (χ1) is 8.38. The molecule has 0 aliphatic heterocycles. The Labute approximate surface area is 110 Å². The van der Waals surface area contributed by atoms with Crippen LogP contribution in [0, 0.1) is 0 Å². The number of rotatable bonds is 8. The monoisotopic (exact) mass is 258 g/mol. The van der Waals surface area contributed by atoms with Crippen molar-refractivity contribution in [2.45, 2.75) is 65.5 Å². The van der Waals surface area contributed by atoms with E-state index in [0.717, 1.165) is 19.3 Å². The first kappa shape index (κ1) is 16.7. The third kappa shape index (κ3) is 7.14. The minimum absolute atomic E-state index is 0.00252. The highest BCUT2D eigenvalue weighted by atomic mass is 16.4. The second kappa shape index (κ2) is 8.78. The van der Waals surface area contributed by atoms with Crippen molar-refractivity contribution < 1.29 is 14.7 Å². The number of hydrogen-bond donors (Lipinski definition) is 2. The molecule has 0 rings (SSSR count). The summed E-state index contributed by atoms with van der Waals surface area (Å²) in [4.78, 5) is 24.1. The van der Waals surface area contributed by atoms with Crippen LogP contribution < -0.4 is 5.32 Å². The third-order valence-corrected chi connectivity index (χ3v) is 2.81. The Bertz CT molecular complexity index is 267. The number of carbonyl (C=O) groups is 2. The molecule has 0 saturated heterocycles. The van der Waals surface area contributed by atoms with Crippen molar-refractivity contribution >= 4 is 12.0 Å². The summed E-state index contributed by atoms with van der Waals surface area (Å²) >= 11 is 0. The Hall–Kier alpha value is -1.26. The lowest BCUT2D eigenvalue weighted by atomic mass is 10.1. The third-order valence-electron chi connectivity index (χ3n) is 2.81. The largest absolute Gasteiger partial charge is 0.481 e. The molecule has 0 aromatic heterocycles. The van der Waals surface area contributed by atoms with Crippen LogP contribution in [0.25, 0.3) is 0 Å². The maximum atomic E-state index is 12.0. The highest BCUT2D eigenvalue weighted by molar-refractivity contribution is 5.75. The van der Waals surface area contributed by atoms with E-state index >= 15 is 0 Å². The molecule has 106 valence electrons. The van der Waals surface area contributed by atoms with E-state index in [2.05, 4.69) is 12.2 Å². The molecule has 0 aliphatic rings. The Balaban J connectivity index is 4.25. The Morgan fingerprint density at radius 1 is 1.28 bits per heavy atom. The maximum absolute atomic E-state index is 12.0. The van der Waals surface area contributed by atoms with Crippen LogP contribution in [0.2, 0.25) is 0 Å². The number of nitrogens with one attached hydrogen (secondary N) is 1. The topological polar surface area (TPSA) is 69.6 Å². The Morgan fingerprint density at radius 2 is 1.89 bits per heavy atom. The van der Waals surface area contributed by atoms with E-state index in [1.807, 2.05) is 20.8 Å². The summed E-state index contributed by atoms with van der Waals surface area (Å²) in [6.07, 6.45) is 3.12. The molecule has 0 aromatic rings. The summed E-state index contributed by atoms with van der Waals surface area (Å²) in [7, 11) is 0. The van der Waals surface area contributed by atoms with Crippen LogP contribution in [-0.4, -0.2) is 40.6 Å². The zero-order chi connectivity index (χ0) is 14.1. The molecule has 18 heavy (non-hydrogen) atoms. The van der Waals surface area contributed by atoms with Crippen LogP contribution in [0.1, 0.15) is 53.4 Å². The molecule has 0 saturated carbocycles. The van der Waals surface area contributed by atoms with Gasteiger partial charge in [-0.05, 0) is 27.2 Å². The molecule has 0 radical (unpaired) electrons. The van der Waals surface area contributed by atoms with Gasteiger partial charge in [-0.3, -0.25) is 4.79 Å². The normalized spacial score (nSPS) is 12.3. The molecule has 2 N–H and O–H groups in total. The molecule has 0 aromatic carbocycles. The summed E-state index contributed by atoms with van der Waals surface area (Å²) in [6, 6.07) is -0.0406. The molecule has 0 fully saturated rings. The Morgan fingerprint density at radius 3 is 2.33 bits per heavy atom. The number of aliphatic carboxylic acids is 1. The van der Waals surface area contributed by atoms with E-state index in [-0.39, 0.29) is 31.1 Å². The van der Waals surface area contributed by atoms with Gasteiger partial charge < -0.3 is 15.3 Å². The van der Waals surface area contributed by atoms with Crippen molar-refractivity contribution in [3.8, 4) is 0 Å². The molecule has 5 nitrogen and oxygen atoms in total. The predicted octanol–water partition coefficient (Wildman–Crippen LogP) is 2.46. The molecule has 2 amide bonds. The first-order valence-electron chi connectivity index (χ1n) is 6.67. The highest BCUT2D eigenvalue weighted by Gasteiger charge is 2.19. The first-order valence-corrected chi connectivity index (χ1v) is 6.67. The summed E-state index contributed by atoms with van der Waals surface area (Å²) in [5, 5.41) is 11.6. The summed E-state index contributed by atoms with van der Waals surface area (Å²) in [6.45, 7) is 8.11. The van der Waals surface area contributed by atoms with Gasteiger partial charge in [-0.1, -0.05) is 19.8 Å². The highest BCUT2D eigenvalue weighted by Crippen LogP contribution is 2.04. The zero-order valence-electron chi connectivity index (χ0n) is 11.9. The number of carbonyl (C=O) groups excluding carboxylic acids is 1. The van der Waals surface area contributed by atoms with Crippen molar-refractivity contribution in [2.24, 2.45) is 0 Å². The molecular weight excluding hydrogens is 232 g/mol. The van der Waals surface area contributed by atoms with Crippen molar-refractivity contribution in [1.29, 1.82) is 0 Å². The molecule has 0 bridgehead atoms. The molecule has 1 unspecified atom stereocenters. The number of carboxylic acids is 1. The van der Waals surface area contributed by atoms with Gasteiger partial charge in [0.25, 0.3) is 0 Å². The van der Waals surface area contributed by atoms with Gasteiger partial charge in [-0.25, -0.2) is 4.79 Å². The van der Waals surface area contributed by atoms with Crippen LogP contribution in [0.4, 0.5) is 4.79 Å². The molecule has 5 heteroatoms. The average molecular weight is 258 g/mol. The van der Waals surface area contributed by atoms with Gasteiger partial charge >= 0.3 is 12.0 Å². The van der Waals surface area contributed by atoms with Crippen LogP contribution in [0.3, 0.4) is 0 Å². The molecule has 0 aliphatic carbocycles. The van der Waals surface area contributed by atoms with Crippen molar-refractivity contribution in [1.82, 2.24) is 10.2 Å². The predicted molar refractivity (Wildman–Crippen MR) is 71.6 cm³/mol. The lowest BCUT2D eigenvalue weighted by molar-refractivity contribution is -0.137. The number of nitrogens with zero attached hydrogens (tertiary/aromatic N) is 1. The van der Waals surface area contributed by atoms with Gasteiger partial charge in [0.15, 0.2) is 0 Å². The van der Waals surface area contributed by atoms with E-state index in [1.165, 1.54) is 0 Å². The smallest absolute Gasteiger partial charge is 0.317 e. The lowest BCUT2D eigenvalue weighted by Crippen LogP contribution is -2.47. The van der Waals surface area contributed by atoms with Crippen LogP contribution in [0.15, 0.2) is 0 Å². The van der Waals surface area contributed by atoms with E-state index < -0.39 is 5.97 Å². The van der Waals surface area contributed by atoms with Gasteiger partial charge in [0.1, 0.15) is 0 Å². The number of unbranched alkanes of at least 4 members (excludes halogenated alkanes) is 1. The minimum Gasteiger partial charge on any atom is -0.481 e. The molecule has 1 atom stereocenters. The van der Waals surface area contributed by atoms with Gasteiger partial charge in [0.2, 0.25) is 0 Å². The number of hydrogen-bond acceptors (Lipinski definition) is 2. The zero-order valence-corrected chi connectivity index (χ0v) is 11.9. The summed E-state index contributed by atoms with van der Waals surface area (Å²) < 4.78 is 0. The lowest BCUT2D eigenvalue weighted by Gasteiger charge is -2.28. The fourth-order valence-corrected chi connectivity index (χ4v) is 1.69. The quantitative estimate of drug-likeness (QED) is 0.702. The summed E-state index contributed by atoms with van der Waals surface area (Å²) in [5.41, 5.74) is 0. The van der Waals surface area contributed by atoms with E-state index in [1.54, 1.807) is 4.90 Å². The fourth-order valence-electron chi connectivity index (χ4n) is 1.69. The average Bonchev–Trinajstić information content (AvgIpc) is 2.25. The van der Waals surface area contributed by atoms with Crippen molar-refractivity contribution in [3.63, 3.8) is 0 Å². The number of amides is 2. The van der Waals surface area contributed by atoms with Gasteiger partial charge in [0.05, 0.1) is 6.42 Å². The van der Waals surface area contributed by atoms with Crippen molar-refractivity contribution in [3.05, 3.63) is 0 Å². The van der Waals surface area contributed by atoms with Gasteiger partial charge in [-0.15, -0.1) is 0 Å². The fraction of sp³-hybridized carbons (Fsp3) is 0.846. The van der Waals surface area contributed by atoms with E-state index in [0.29, 0.717) is 0 Å². The number of carboxylic acid groups (broad SMARTS) is 1. The SMILES string of the molecule is CCCCC(C)NC(=O)N(CCC(=O)O)C(C)C. The van der Waals surface area contributed by atoms with Gasteiger partial charge in [-0.2, -0.15) is 0 Å².